The first-order valence-electron chi connectivity index (χ1n) is 8.36. The van der Waals surface area contributed by atoms with Gasteiger partial charge in [0.15, 0.2) is 0 Å². The number of amides is 2. The Morgan fingerprint density at radius 3 is 2.42 bits per heavy atom. The minimum Gasteiger partial charge on any atom is -0.444 e. The Hall–Kier alpha value is -3.15. The molecule has 2 N–H and O–H groups in total. The largest absolute Gasteiger partial charge is 0.444 e. The van der Waals surface area contributed by atoms with E-state index in [1.165, 1.54) is 0 Å². The van der Waals surface area contributed by atoms with Gasteiger partial charge in [-0.1, -0.05) is 48.5 Å². The Morgan fingerprint density at radius 1 is 1.08 bits per heavy atom. The van der Waals surface area contributed by atoms with Crippen molar-refractivity contribution in [2.24, 2.45) is 4.99 Å². The van der Waals surface area contributed by atoms with Crippen molar-refractivity contribution in [3.63, 3.8) is 0 Å². The van der Waals surface area contributed by atoms with Crippen LogP contribution < -0.4 is 10.6 Å². The Kier molecular flexibility index (Phi) is 4.75. The Morgan fingerprint density at radius 2 is 1.73 bits per heavy atom. The minimum atomic E-state index is -1.09. The van der Waals surface area contributed by atoms with E-state index < -0.39 is 23.8 Å². The number of rotatable bonds is 2. The zero-order valence-electron chi connectivity index (χ0n) is 14.9. The fourth-order valence-corrected chi connectivity index (χ4v) is 2.60. The third-order valence-electron chi connectivity index (χ3n) is 3.65. The standard InChI is InChI=1S/C20H21N3O3/c1-20(2,3)26-19(25)23-17-18(24)21-15-12-8-7-11-14(15)16(22-17)13-9-5-4-6-10-13/h4-12,17H,1-3H3,(H,21,24)(H,23,25). The summed E-state index contributed by atoms with van der Waals surface area (Å²) in [5.41, 5.74) is 2.25. The number of fused-ring (bicyclic) bond motifs is 1. The third kappa shape index (κ3) is 4.08. The highest BCUT2D eigenvalue weighted by Crippen LogP contribution is 2.23. The Labute approximate surface area is 152 Å². The van der Waals surface area contributed by atoms with E-state index in [9.17, 15) is 9.59 Å². The maximum absolute atomic E-state index is 12.6. The van der Waals surface area contributed by atoms with Crippen molar-refractivity contribution in [2.75, 3.05) is 5.32 Å². The van der Waals surface area contributed by atoms with Gasteiger partial charge < -0.3 is 10.1 Å². The average Bonchev–Trinajstić information content (AvgIpc) is 2.71. The summed E-state index contributed by atoms with van der Waals surface area (Å²) in [4.78, 5) is 29.2. The number of para-hydroxylation sites is 1. The monoisotopic (exact) mass is 351 g/mol. The van der Waals surface area contributed by atoms with Gasteiger partial charge in [-0.2, -0.15) is 0 Å². The van der Waals surface area contributed by atoms with Gasteiger partial charge in [0.1, 0.15) is 5.60 Å². The topological polar surface area (TPSA) is 79.8 Å². The van der Waals surface area contributed by atoms with E-state index in [1.807, 2.05) is 54.6 Å². The number of hydrogen-bond acceptors (Lipinski definition) is 4. The molecule has 134 valence electrons. The summed E-state index contributed by atoms with van der Waals surface area (Å²) in [5.74, 6) is -0.422. The number of carbonyl (C=O) groups excluding carboxylic acids is 2. The van der Waals surface area contributed by atoms with Gasteiger partial charge in [-0.05, 0) is 26.8 Å². The molecule has 2 aromatic carbocycles. The normalized spacial score (nSPS) is 16.7. The number of nitrogens with one attached hydrogen (secondary N) is 2. The molecule has 0 fully saturated rings. The number of carbonyl (C=O) groups is 2. The van der Waals surface area contributed by atoms with Crippen LogP contribution in [-0.2, 0) is 9.53 Å². The number of alkyl carbamates (subject to hydrolysis) is 1. The molecule has 2 aromatic rings. The fourth-order valence-electron chi connectivity index (χ4n) is 2.60. The maximum atomic E-state index is 12.6. The second-order valence-electron chi connectivity index (χ2n) is 6.93. The number of anilines is 1. The fraction of sp³-hybridized carbons (Fsp3) is 0.250. The molecule has 0 aliphatic carbocycles. The summed E-state index contributed by atoms with van der Waals surface area (Å²) >= 11 is 0. The summed E-state index contributed by atoms with van der Waals surface area (Å²) < 4.78 is 5.25. The molecule has 0 aromatic heterocycles. The number of benzene rings is 2. The van der Waals surface area contributed by atoms with Gasteiger partial charge in [0.2, 0.25) is 6.17 Å². The molecule has 1 heterocycles. The summed E-state index contributed by atoms with van der Waals surface area (Å²) in [6, 6.07) is 16.9. The lowest BCUT2D eigenvalue weighted by Crippen LogP contribution is -2.44. The van der Waals surface area contributed by atoms with Crippen LogP contribution in [0.25, 0.3) is 0 Å². The molecule has 26 heavy (non-hydrogen) atoms. The van der Waals surface area contributed by atoms with Crippen molar-refractivity contribution in [3.05, 3.63) is 65.7 Å². The molecule has 0 saturated carbocycles. The molecule has 0 bridgehead atoms. The van der Waals surface area contributed by atoms with Gasteiger partial charge in [-0.25, -0.2) is 9.79 Å². The molecule has 1 unspecified atom stereocenters. The molecule has 0 spiro atoms. The van der Waals surface area contributed by atoms with Crippen molar-refractivity contribution in [1.29, 1.82) is 0 Å². The molecular formula is C20H21N3O3. The van der Waals surface area contributed by atoms with Crippen molar-refractivity contribution in [1.82, 2.24) is 5.32 Å². The lowest BCUT2D eigenvalue weighted by molar-refractivity contribution is -0.118. The summed E-state index contributed by atoms with van der Waals surface area (Å²) in [7, 11) is 0. The SMILES string of the molecule is CC(C)(C)OC(=O)NC1N=C(c2ccccc2)c2ccccc2NC1=O. The second-order valence-corrected chi connectivity index (χ2v) is 6.93. The molecule has 1 atom stereocenters. The second kappa shape index (κ2) is 7.00. The maximum Gasteiger partial charge on any atom is 0.409 e. The molecule has 6 heteroatoms. The number of nitrogens with zero attached hydrogens (tertiary/aromatic N) is 1. The Bertz CT molecular complexity index is 854. The zero-order chi connectivity index (χ0) is 18.7. The van der Waals surface area contributed by atoms with E-state index in [0.29, 0.717) is 11.4 Å². The quantitative estimate of drug-likeness (QED) is 0.871. The summed E-state index contributed by atoms with van der Waals surface area (Å²) in [5, 5.41) is 5.36. The highest BCUT2D eigenvalue weighted by Gasteiger charge is 2.28. The third-order valence-corrected chi connectivity index (χ3v) is 3.65. The molecule has 6 nitrogen and oxygen atoms in total. The van der Waals surface area contributed by atoms with Crippen LogP contribution in [0, 0.1) is 0 Å². The van der Waals surface area contributed by atoms with Crippen LogP contribution in [0.2, 0.25) is 0 Å². The summed E-state index contributed by atoms with van der Waals surface area (Å²) in [6.07, 6.45) is -1.78. The molecule has 1 aliphatic heterocycles. The van der Waals surface area contributed by atoms with E-state index in [-0.39, 0.29) is 0 Å². The molecule has 0 radical (unpaired) electrons. The van der Waals surface area contributed by atoms with Crippen molar-refractivity contribution < 1.29 is 14.3 Å². The first kappa shape index (κ1) is 17.7. The first-order chi connectivity index (χ1) is 12.3. The van der Waals surface area contributed by atoms with Gasteiger partial charge >= 0.3 is 6.09 Å². The van der Waals surface area contributed by atoms with Gasteiger partial charge in [-0.15, -0.1) is 0 Å². The zero-order valence-corrected chi connectivity index (χ0v) is 14.9. The predicted octanol–water partition coefficient (Wildman–Crippen LogP) is 3.33. The average molecular weight is 351 g/mol. The van der Waals surface area contributed by atoms with Crippen molar-refractivity contribution in [3.8, 4) is 0 Å². The minimum absolute atomic E-state index is 0.422. The van der Waals surface area contributed by atoms with Crippen LogP contribution in [0.3, 0.4) is 0 Å². The van der Waals surface area contributed by atoms with Crippen LogP contribution in [0.5, 0.6) is 0 Å². The molecule has 3 rings (SSSR count). The number of aliphatic imine (C=N–C) groups is 1. The number of hydrogen-bond donors (Lipinski definition) is 2. The number of benzodiazepines with no additional fused rings is 1. The van der Waals surface area contributed by atoms with Crippen molar-refractivity contribution in [2.45, 2.75) is 32.5 Å². The molecular weight excluding hydrogens is 330 g/mol. The van der Waals surface area contributed by atoms with Gasteiger partial charge in [0.25, 0.3) is 5.91 Å². The lowest BCUT2D eigenvalue weighted by atomic mass is 10.0. The van der Waals surface area contributed by atoms with Crippen LogP contribution in [0.15, 0.2) is 59.6 Å². The predicted molar refractivity (Wildman–Crippen MR) is 100 cm³/mol. The smallest absolute Gasteiger partial charge is 0.409 e. The van der Waals surface area contributed by atoms with E-state index in [2.05, 4.69) is 15.6 Å². The lowest BCUT2D eigenvalue weighted by Gasteiger charge is -2.21. The van der Waals surface area contributed by atoms with Crippen molar-refractivity contribution >= 4 is 23.4 Å². The molecule has 1 aliphatic rings. The van der Waals surface area contributed by atoms with Crippen LogP contribution in [-0.4, -0.2) is 29.5 Å². The van der Waals surface area contributed by atoms with E-state index in [0.717, 1.165) is 11.1 Å². The highest BCUT2D eigenvalue weighted by molar-refractivity contribution is 6.19. The van der Waals surface area contributed by atoms with Gasteiger partial charge in [-0.3, -0.25) is 10.1 Å². The van der Waals surface area contributed by atoms with E-state index in [4.69, 9.17) is 4.74 Å². The highest BCUT2D eigenvalue weighted by atomic mass is 16.6. The van der Waals surface area contributed by atoms with Crippen LogP contribution in [0.4, 0.5) is 10.5 Å². The number of ether oxygens (including phenoxy) is 1. The van der Waals surface area contributed by atoms with Crippen LogP contribution in [0.1, 0.15) is 31.9 Å². The van der Waals surface area contributed by atoms with E-state index >= 15 is 0 Å². The Balaban J connectivity index is 1.99. The van der Waals surface area contributed by atoms with E-state index in [1.54, 1.807) is 20.8 Å². The molecule has 0 saturated heterocycles. The first-order valence-corrected chi connectivity index (χ1v) is 8.36. The van der Waals surface area contributed by atoms with Crippen LogP contribution >= 0.6 is 0 Å². The van der Waals surface area contributed by atoms with Gasteiger partial charge in [0, 0.05) is 11.1 Å². The molecule has 2 amide bonds. The summed E-state index contributed by atoms with van der Waals surface area (Å²) in [6.45, 7) is 5.27. The van der Waals surface area contributed by atoms with Gasteiger partial charge in [0.05, 0.1) is 11.4 Å².